The predicted molar refractivity (Wildman–Crippen MR) is 23.5 cm³/mol. The van der Waals surface area contributed by atoms with Gasteiger partial charge >= 0.3 is 172 Å². The van der Waals surface area contributed by atoms with E-state index in [2.05, 4.69) is 0 Å². The quantitative estimate of drug-likeness (QED) is 0.342. The second-order valence-corrected chi connectivity index (χ2v) is 0. The summed E-state index contributed by atoms with van der Waals surface area (Å²) in [5.41, 5.74) is 0. The van der Waals surface area contributed by atoms with Gasteiger partial charge in [0, 0.05) is 0 Å². The van der Waals surface area contributed by atoms with Crippen molar-refractivity contribution in [3.05, 3.63) is 43.1 Å². The fourth-order valence-electron chi connectivity index (χ4n) is 0. The van der Waals surface area contributed by atoms with Gasteiger partial charge in [0.25, 0.3) is 0 Å². The van der Waals surface area contributed by atoms with E-state index in [1.807, 2.05) is 0 Å². The smallest absolute Gasteiger partial charge is 3.00 e. The van der Waals surface area contributed by atoms with E-state index in [4.69, 9.17) is 0 Å². The van der Waals surface area contributed by atoms with Crippen LogP contribution in [0.4, 0.5) is 0 Å². The van der Waals surface area contributed by atoms with E-state index in [0.29, 0.717) is 0 Å². The first kappa shape index (κ1) is 189. The molecule has 0 saturated heterocycles. The molecule has 0 heterocycles. The van der Waals surface area contributed by atoms with Crippen LogP contribution in [-0.2, 0) is 65.2 Å². The van der Waals surface area contributed by atoms with Gasteiger partial charge in [-0.1, -0.05) is 0 Å². The summed E-state index contributed by atoms with van der Waals surface area (Å²) in [6.45, 7) is 0. The number of nitrogens with zero attached hydrogens (tertiary/aromatic N) is 7. The first-order chi connectivity index (χ1) is 0. The minimum Gasteiger partial charge on any atom is -3.00 e. The zero-order chi connectivity index (χ0) is 0. The molecule has 0 aromatic carbocycles. The van der Waals surface area contributed by atoms with Crippen LogP contribution in [0.1, 0.15) is 0 Å². The predicted octanol–water partition coefficient (Wildman–Crippen LogP) is 2.01. The van der Waals surface area contributed by atoms with Crippen LogP contribution in [0.15, 0.2) is 0 Å². The molecule has 0 fully saturated rings. The zero-order valence-electron chi connectivity index (χ0n) is 6.36. The molecule has 0 spiro atoms. The first-order valence-electron chi connectivity index (χ1n) is 0. The van der Waals surface area contributed by atoms with Crippen molar-refractivity contribution in [2.45, 2.75) is 0 Å². The standard InChI is InChI=1S/3La.7N.3Ti/q3*+3;7*-3;3*+4. The Labute approximate surface area is 210 Å². The van der Waals surface area contributed by atoms with Crippen molar-refractivity contribution in [2.75, 3.05) is 0 Å². The molecule has 7 nitrogen and oxygen atoms in total. The van der Waals surface area contributed by atoms with E-state index in [0.717, 1.165) is 0 Å². The van der Waals surface area contributed by atoms with Gasteiger partial charge in [-0.15, -0.1) is 0 Å². The summed E-state index contributed by atoms with van der Waals surface area (Å²) in [5.74, 6) is 0. The molecule has 13 heteroatoms. The second kappa shape index (κ2) is 159. The Morgan fingerprint density at radius 3 is 0.231 bits per heavy atom. The molecule has 0 atom stereocenters. The van der Waals surface area contributed by atoms with Crippen LogP contribution in [0.3, 0.4) is 0 Å². The Balaban J connectivity index is 0. The van der Waals surface area contributed by atoms with Crippen molar-refractivity contribution in [2.24, 2.45) is 0 Å². The third-order valence-corrected chi connectivity index (χ3v) is 0. The molecular weight excluding hydrogens is 658 g/mol. The molecular formula is La3N7Ti3. The summed E-state index contributed by atoms with van der Waals surface area (Å²) in [7, 11) is 0. The maximum Gasteiger partial charge on any atom is 4.00 e. The van der Waals surface area contributed by atoms with Gasteiger partial charge < -0.3 is 43.1 Å². The van der Waals surface area contributed by atoms with E-state index in [1.165, 1.54) is 0 Å². The fourth-order valence-corrected chi connectivity index (χ4v) is 0. The maximum absolute atomic E-state index is 0. The van der Waals surface area contributed by atoms with Gasteiger partial charge in [0.2, 0.25) is 0 Å². The fraction of sp³-hybridized carbons (Fsp3) is 0. The van der Waals surface area contributed by atoms with Crippen molar-refractivity contribution in [3.63, 3.8) is 0 Å². The molecule has 0 amide bonds. The van der Waals surface area contributed by atoms with Crippen LogP contribution in [0.2, 0.25) is 0 Å². The summed E-state index contributed by atoms with van der Waals surface area (Å²) in [4.78, 5) is 0. The summed E-state index contributed by atoms with van der Waals surface area (Å²) in [5, 5.41) is 0. The molecule has 0 aliphatic heterocycles. The van der Waals surface area contributed by atoms with Crippen LogP contribution < -0.4 is 0 Å². The van der Waals surface area contributed by atoms with Gasteiger partial charge in [-0.05, 0) is 0 Å². The molecule has 0 bridgehead atoms. The van der Waals surface area contributed by atoms with Gasteiger partial charge in [0.05, 0.1) is 0 Å². The molecule has 0 aromatic heterocycles. The second-order valence-electron chi connectivity index (χ2n) is 0. The minimum atomic E-state index is 0. The first-order valence-corrected chi connectivity index (χ1v) is 0. The molecule has 0 radical (unpaired) electrons. The largest absolute Gasteiger partial charge is 4.00 e. The molecule has 0 saturated carbocycles. The normalized spacial score (nSPS) is 0. The molecule has 56 valence electrons. The van der Waals surface area contributed by atoms with E-state index in [1.54, 1.807) is 0 Å². The van der Waals surface area contributed by atoms with Gasteiger partial charge in [0.1, 0.15) is 0 Å². The average molecular weight is 658 g/mol. The Hall–Kier alpha value is 5.45. The van der Waals surface area contributed by atoms with Gasteiger partial charge in [-0.3, -0.25) is 0 Å². The van der Waals surface area contributed by atoms with Crippen LogP contribution in [-0.4, -0.2) is 0 Å². The molecule has 0 aliphatic rings. The molecule has 13 heavy (non-hydrogen) atoms. The summed E-state index contributed by atoms with van der Waals surface area (Å²) in [6, 6.07) is 0. The van der Waals surface area contributed by atoms with Crippen LogP contribution in [0.25, 0.3) is 43.1 Å². The molecule has 0 aliphatic carbocycles. The van der Waals surface area contributed by atoms with Crippen molar-refractivity contribution < 1.29 is 172 Å². The van der Waals surface area contributed by atoms with Crippen LogP contribution in [0, 0.1) is 107 Å². The van der Waals surface area contributed by atoms with Crippen molar-refractivity contribution in [3.8, 4) is 0 Å². The average Bonchev–Trinajstić information content (AvgIpc) is 0. The molecule has 0 rings (SSSR count). The van der Waals surface area contributed by atoms with Gasteiger partial charge in [-0.25, -0.2) is 0 Å². The monoisotopic (exact) mass is 659 g/mol. The third kappa shape index (κ3) is 140. The maximum atomic E-state index is 0. The zero-order valence-corrected chi connectivity index (χ0v) is 21.9. The number of rotatable bonds is 0. The topological polar surface area (TPSA) is 214 Å². The van der Waals surface area contributed by atoms with E-state index in [9.17, 15) is 0 Å². The summed E-state index contributed by atoms with van der Waals surface area (Å²) in [6.07, 6.45) is 0. The SMILES string of the molecule is [La+3].[La+3].[La+3].[N-3].[N-3].[N-3].[N-3].[N-3].[N-3].[N-3].[Ti+4].[Ti+4].[Ti+4]. The molecule has 0 N–H and O–H groups in total. The number of hydrogen-bond acceptors (Lipinski definition) is 0. The number of hydrogen-bond donors (Lipinski definition) is 0. The Morgan fingerprint density at radius 1 is 0.231 bits per heavy atom. The Bertz CT molecular complexity index is 18.9. The van der Waals surface area contributed by atoms with Crippen molar-refractivity contribution >= 4 is 0 Å². The van der Waals surface area contributed by atoms with Crippen molar-refractivity contribution in [1.82, 2.24) is 0 Å². The van der Waals surface area contributed by atoms with Gasteiger partial charge in [0.15, 0.2) is 0 Å². The van der Waals surface area contributed by atoms with Crippen LogP contribution >= 0.6 is 0 Å². The molecule has 0 unspecified atom stereocenters. The van der Waals surface area contributed by atoms with Crippen LogP contribution in [0.5, 0.6) is 0 Å². The van der Waals surface area contributed by atoms with E-state index in [-0.39, 0.29) is 215 Å². The Kier molecular flexibility index (Phi) is 2320. The Morgan fingerprint density at radius 2 is 0.231 bits per heavy atom. The minimum absolute atomic E-state index is 0. The van der Waals surface area contributed by atoms with E-state index >= 15 is 0 Å². The summed E-state index contributed by atoms with van der Waals surface area (Å²) < 4.78 is 0. The van der Waals surface area contributed by atoms with Gasteiger partial charge in [-0.2, -0.15) is 0 Å². The van der Waals surface area contributed by atoms with E-state index < -0.39 is 0 Å². The van der Waals surface area contributed by atoms with Crippen molar-refractivity contribution in [1.29, 1.82) is 0 Å². The summed E-state index contributed by atoms with van der Waals surface area (Å²) >= 11 is 0. The molecule has 0 aromatic rings. The third-order valence-electron chi connectivity index (χ3n) is 0.